The number of benzene rings is 2. The molecular weight excluding hydrogens is 455 g/mol. The van der Waals surface area contributed by atoms with Crippen LogP contribution in [-0.2, 0) is 6.54 Å². The summed E-state index contributed by atoms with van der Waals surface area (Å²) >= 11 is 1.72. The third-order valence-electron chi connectivity index (χ3n) is 7.40. The van der Waals surface area contributed by atoms with E-state index in [4.69, 9.17) is 10.7 Å². The van der Waals surface area contributed by atoms with Crippen LogP contribution >= 0.6 is 11.8 Å². The largest absolute Gasteiger partial charge is 0.383 e. The van der Waals surface area contributed by atoms with E-state index in [1.165, 1.54) is 29.7 Å². The molecule has 180 valence electrons. The normalized spacial score (nSPS) is 14.6. The summed E-state index contributed by atoms with van der Waals surface area (Å²) in [4.78, 5) is 10.3. The number of rotatable bonds is 7. The molecule has 0 radical (unpaired) electrons. The van der Waals surface area contributed by atoms with Crippen LogP contribution in [0.5, 0.6) is 0 Å². The van der Waals surface area contributed by atoms with Crippen molar-refractivity contribution in [3.8, 4) is 22.5 Å². The molecule has 35 heavy (non-hydrogen) atoms. The average molecular weight is 487 g/mol. The van der Waals surface area contributed by atoms with Gasteiger partial charge in [0.15, 0.2) is 0 Å². The van der Waals surface area contributed by atoms with Gasteiger partial charge in [0.05, 0.1) is 0 Å². The van der Waals surface area contributed by atoms with Gasteiger partial charge in [-0.25, -0.2) is 14.4 Å². The summed E-state index contributed by atoms with van der Waals surface area (Å²) in [6.07, 6.45) is 11.5. The molecule has 1 unspecified atom stereocenters. The van der Waals surface area contributed by atoms with Crippen molar-refractivity contribution in [2.45, 2.75) is 50.5 Å². The number of hydrogen-bond acceptors (Lipinski definition) is 4. The summed E-state index contributed by atoms with van der Waals surface area (Å²) in [5.74, 6) is 2.16. The molecule has 2 aromatic heterocycles. The molecule has 1 aliphatic carbocycles. The van der Waals surface area contributed by atoms with Crippen LogP contribution in [-0.4, -0.2) is 20.8 Å². The number of nitrogens with zero attached hydrogens (tertiary/aromatic N) is 3. The standard InChI is InChI=1S/C29H31FN4S/c1-18-13-22(16-33-28(18)31)27-15-24(35-3)9-7-21(27)17-34-12-11-32-29(34)25-10-8-23(30)14-26(25)19(2)20-5-4-6-20/h7-16,19-20H,4-6,17H2,1-3H3,(H2,31,33). The number of aromatic nitrogens is 3. The summed E-state index contributed by atoms with van der Waals surface area (Å²) < 4.78 is 16.5. The van der Waals surface area contributed by atoms with Gasteiger partial charge < -0.3 is 10.3 Å². The highest BCUT2D eigenvalue weighted by atomic mass is 32.2. The van der Waals surface area contributed by atoms with Crippen LogP contribution in [0.2, 0.25) is 0 Å². The minimum absolute atomic E-state index is 0.186. The lowest BCUT2D eigenvalue weighted by Crippen LogP contribution is -2.19. The van der Waals surface area contributed by atoms with E-state index in [2.05, 4.69) is 47.0 Å². The monoisotopic (exact) mass is 486 g/mol. The molecule has 0 saturated heterocycles. The van der Waals surface area contributed by atoms with E-state index in [1.54, 1.807) is 23.9 Å². The molecule has 0 amide bonds. The molecule has 6 heteroatoms. The molecule has 0 bridgehead atoms. The van der Waals surface area contributed by atoms with Gasteiger partial charge in [-0.1, -0.05) is 19.4 Å². The third kappa shape index (κ3) is 4.72. The topological polar surface area (TPSA) is 56.7 Å². The number of nitrogens with two attached hydrogens (primary N) is 1. The summed E-state index contributed by atoms with van der Waals surface area (Å²) in [5, 5.41) is 0. The first kappa shape index (κ1) is 23.6. The van der Waals surface area contributed by atoms with Gasteiger partial charge in [-0.05, 0) is 96.5 Å². The quantitative estimate of drug-likeness (QED) is 0.278. The number of hydrogen-bond donors (Lipinski definition) is 1. The first-order chi connectivity index (χ1) is 16.9. The van der Waals surface area contributed by atoms with Crippen LogP contribution < -0.4 is 5.73 Å². The Bertz CT molecular complexity index is 1360. The van der Waals surface area contributed by atoms with Crippen molar-refractivity contribution in [3.63, 3.8) is 0 Å². The van der Waals surface area contributed by atoms with E-state index in [0.29, 0.717) is 24.2 Å². The molecule has 0 aliphatic heterocycles. The van der Waals surface area contributed by atoms with Crippen LogP contribution in [0.3, 0.4) is 0 Å². The van der Waals surface area contributed by atoms with Crippen molar-refractivity contribution < 1.29 is 4.39 Å². The average Bonchev–Trinajstić information content (AvgIpc) is 3.28. The molecule has 2 aromatic carbocycles. The van der Waals surface area contributed by atoms with E-state index < -0.39 is 0 Å². The van der Waals surface area contributed by atoms with Crippen LogP contribution in [0.25, 0.3) is 22.5 Å². The highest BCUT2D eigenvalue weighted by Crippen LogP contribution is 2.42. The predicted molar refractivity (Wildman–Crippen MR) is 143 cm³/mol. The number of imidazole rings is 1. The maximum Gasteiger partial charge on any atom is 0.140 e. The number of thioether (sulfide) groups is 1. The molecule has 1 aliphatic rings. The molecule has 4 nitrogen and oxygen atoms in total. The lowest BCUT2D eigenvalue weighted by Gasteiger charge is -2.32. The zero-order valence-corrected chi connectivity index (χ0v) is 21.3. The Morgan fingerprint density at radius 3 is 2.66 bits per heavy atom. The Morgan fingerprint density at radius 1 is 1.11 bits per heavy atom. The Kier molecular flexibility index (Phi) is 6.65. The molecule has 1 fully saturated rings. The van der Waals surface area contributed by atoms with E-state index in [-0.39, 0.29) is 5.82 Å². The SMILES string of the molecule is CSc1ccc(Cn2ccnc2-c2ccc(F)cc2C(C)C2CCC2)c(-c2cnc(N)c(C)c2)c1. The minimum atomic E-state index is -0.186. The molecular formula is C29H31FN4S. The van der Waals surface area contributed by atoms with Crippen molar-refractivity contribution in [2.24, 2.45) is 5.92 Å². The molecule has 1 saturated carbocycles. The highest BCUT2D eigenvalue weighted by molar-refractivity contribution is 7.98. The van der Waals surface area contributed by atoms with E-state index in [1.807, 2.05) is 31.6 Å². The highest BCUT2D eigenvalue weighted by Gasteiger charge is 2.28. The van der Waals surface area contributed by atoms with Gasteiger partial charge in [-0.3, -0.25) is 0 Å². The maximum atomic E-state index is 14.3. The van der Waals surface area contributed by atoms with Crippen molar-refractivity contribution >= 4 is 17.6 Å². The van der Waals surface area contributed by atoms with Crippen molar-refractivity contribution in [1.29, 1.82) is 0 Å². The van der Waals surface area contributed by atoms with Gasteiger partial charge in [0.2, 0.25) is 0 Å². The Hall–Kier alpha value is -3.12. The van der Waals surface area contributed by atoms with Crippen LogP contribution in [0, 0.1) is 18.7 Å². The fraction of sp³-hybridized carbons (Fsp3) is 0.310. The summed E-state index contributed by atoms with van der Waals surface area (Å²) in [6.45, 7) is 4.86. The number of aryl methyl sites for hydroxylation is 1. The predicted octanol–water partition coefficient (Wildman–Crippen LogP) is 7.32. The fourth-order valence-electron chi connectivity index (χ4n) is 4.99. The van der Waals surface area contributed by atoms with Crippen LogP contribution in [0.15, 0.2) is 66.0 Å². The fourth-order valence-corrected chi connectivity index (χ4v) is 5.43. The Labute approximate surface area is 210 Å². The number of pyridine rings is 1. The van der Waals surface area contributed by atoms with Crippen molar-refractivity contribution in [1.82, 2.24) is 14.5 Å². The molecule has 5 rings (SSSR count). The summed E-state index contributed by atoms with van der Waals surface area (Å²) in [7, 11) is 0. The molecule has 2 heterocycles. The van der Waals surface area contributed by atoms with E-state index in [9.17, 15) is 4.39 Å². The van der Waals surface area contributed by atoms with Gasteiger partial charge >= 0.3 is 0 Å². The second-order valence-corrected chi connectivity index (χ2v) is 10.4. The van der Waals surface area contributed by atoms with Crippen molar-refractivity contribution in [2.75, 3.05) is 12.0 Å². The second kappa shape index (κ2) is 9.86. The maximum absolute atomic E-state index is 14.3. The zero-order valence-electron chi connectivity index (χ0n) is 20.5. The number of halogens is 1. The molecule has 0 spiro atoms. The van der Waals surface area contributed by atoms with Gasteiger partial charge in [0.25, 0.3) is 0 Å². The molecule has 2 N–H and O–H groups in total. The van der Waals surface area contributed by atoms with Crippen LogP contribution in [0.4, 0.5) is 10.2 Å². The zero-order chi connectivity index (χ0) is 24.5. The third-order valence-corrected chi connectivity index (χ3v) is 8.13. The van der Waals surface area contributed by atoms with Crippen molar-refractivity contribution in [3.05, 3.63) is 83.6 Å². The molecule has 1 atom stereocenters. The van der Waals surface area contributed by atoms with E-state index in [0.717, 1.165) is 33.6 Å². The Balaban J connectivity index is 1.55. The lowest BCUT2D eigenvalue weighted by atomic mass is 9.73. The smallest absolute Gasteiger partial charge is 0.140 e. The minimum Gasteiger partial charge on any atom is -0.383 e. The summed E-state index contributed by atoms with van der Waals surface area (Å²) in [5.41, 5.74) is 12.4. The second-order valence-electron chi connectivity index (χ2n) is 9.54. The van der Waals surface area contributed by atoms with Crippen LogP contribution in [0.1, 0.15) is 48.8 Å². The lowest BCUT2D eigenvalue weighted by molar-refractivity contribution is 0.272. The van der Waals surface area contributed by atoms with E-state index >= 15 is 0 Å². The summed E-state index contributed by atoms with van der Waals surface area (Å²) in [6, 6.07) is 13.8. The van der Waals surface area contributed by atoms with Gasteiger partial charge in [-0.2, -0.15) is 0 Å². The first-order valence-corrected chi connectivity index (χ1v) is 13.4. The number of nitrogen functional groups attached to an aromatic ring is 1. The molecule has 4 aromatic rings. The number of anilines is 1. The first-order valence-electron chi connectivity index (χ1n) is 12.1. The van der Waals surface area contributed by atoms with Gasteiger partial charge in [0.1, 0.15) is 17.5 Å². The Morgan fingerprint density at radius 2 is 1.94 bits per heavy atom. The van der Waals surface area contributed by atoms with Gasteiger partial charge in [0, 0.05) is 41.2 Å². The van der Waals surface area contributed by atoms with Gasteiger partial charge in [-0.15, -0.1) is 11.8 Å².